The highest BCUT2D eigenvalue weighted by atomic mass is 16.5. The van der Waals surface area contributed by atoms with Crippen LogP contribution in [0.4, 0.5) is 5.69 Å². The maximum absolute atomic E-state index is 12.1. The van der Waals surface area contributed by atoms with E-state index in [0.29, 0.717) is 25.5 Å². The summed E-state index contributed by atoms with van der Waals surface area (Å²) < 4.78 is 5.44. The van der Waals surface area contributed by atoms with Gasteiger partial charge in [0, 0.05) is 12.1 Å². The first-order valence-electron chi connectivity index (χ1n) is 7.69. The van der Waals surface area contributed by atoms with Gasteiger partial charge in [0.15, 0.2) is 0 Å². The molecule has 1 atom stereocenters. The molecule has 0 aliphatic carbocycles. The summed E-state index contributed by atoms with van der Waals surface area (Å²) in [4.78, 5) is 12.1. The molecule has 1 aromatic rings. The van der Waals surface area contributed by atoms with Crippen LogP contribution in [-0.4, -0.2) is 19.1 Å². The molecule has 0 saturated heterocycles. The molecule has 0 spiro atoms. The molecule has 0 saturated carbocycles. The van der Waals surface area contributed by atoms with Crippen LogP contribution in [0.1, 0.15) is 39.2 Å². The van der Waals surface area contributed by atoms with Crippen LogP contribution in [0.2, 0.25) is 0 Å². The molecule has 1 amide bonds. The summed E-state index contributed by atoms with van der Waals surface area (Å²) in [6.07, 6.45) is 1.45. The molecule has 0 heterocycles. The van der Waals surface area contributed by atoms with Crippen molar-refractivity contribution in [1.29, 1.82) is 0 Å². The fraction of sp³-hybridized carbons (Fsp3) is 0.588. The van der Waals surface area contributed by atoms with Crippen molar-refractivity contribution < 1.29 is 9.53 Å². The summed E-state index contributed by atoms with van der Waals surface area (Å²) in [6.45, 7) is 9.40. The number of ether oxygens (including phenoxy) is 1. The summed E-state index contributed by atoms with van der Waals surface area (Å²) in [5.74, 6) is 1.65. The smallest absolute Gasteiger partial charge is 0.224 e. The molecule has 0 aliphatic heterocycles. The van der Waals surface area contributed by atoms with Crippen LogP contribution < -0.4 is 15.8 Å². The molecule has 3 N–H and O–H groups in total. The van der Waals surface area contributed by atoms with E-state index in [1.54, 1.807) is 0 Å². The second kappa shape index (κ2) is 8.67. The summed E-state index contributed by atoms with van der Waals surface area (Å²) in [6, 6.07) is 5.70. The second-order valence-corrected chi connectivity index (χ2v) is 5.89. The summed E-state index contributed by atoms with van der Waals surface area (Å²) in [7, 11) is 0. The van der Waals surface area contributed by atoms with E-state index in [-0.39, 0.29) is 11.8 Å². The van der Waals surface area contributed by atoms with Crippen LogP contribution in [0.3, 0.4) is 0 Å². The van der Waals surface area contributed by atoms with Crippen molar-refractivity contribution in [3.8, 4) is 5.75 Å². The third kappa shape index (κ3) is 6.17. The van der Waals surface area contributed by atoms with Crippen molar-refractivity contribution in [1.82, 2.24) is 0 Å². The van der Waals surface area contributed by atoms with Crippen molar-refractivity contribution >= 4 is 11.6 Å². The first-order valence-corrected chi connectivity index (χ1v) is 7.69. The Morgan fingerprint density at radius 2 is 2.10 bits per heavy atom. The fourth-order valence-electron chi connectivity index (χ4n) is 2.43. The van der Waals surface area contributed by atoms with Gasteiger partial charge in [-0.3, -0.25) is 4.79 Å². The van der Waals surface area contributed by atoms with Gasteiger partial charge in [0.2, 0.25) is 5.91 Å². The lowest BCUT2D eigenvalue weighted by atomic mass is 9.94. The lowest BCUT2D eigenvalue weighted by Crippen LogP contribution is -2.23. The largest absolute Gasteiger partial charge is 0.494 e. The van der Waals surface area contributed by atoms with Crippen LogP contribution in [0.15, 0.2) is 18.2 Å². The number of nitrogens with one attached hydrogen (secondary N) is 1. The van der Waals surface area contributed by atoms with Gasteiger partial charge in [-0.05, 0) is 62.4 Å². The molecule has 4 nitrogen and oxygen atoms in total. The van der Waals surface area contributed by atoms with Crippen LogP contribution in [-0.2, 0) is 4.79 Å². The lowest BCUT2D eigenvalue weighted by Gasteiger charge is -2.17. The number of rotatable bonds is 8. The quantitative estimate of drug-likeness (QED) is 0.772. The van der Waals surface area contributed by atoms with E-state index in [1.807, 2.05) is 32.0 Å². The first-order chi connectivity index (χ1) is 9.96. The molecule has 0 bridgehead atoms. The molecule has 0 radical (unpaired) electrons. The average Bonchev–Trinajstić information content (AvgIpc) is 2.41. The third-order valence-corrected chi connectivity index (χ3v) is 3.40. The molecule has 21 heavy (non-hydrogen) atoms. The van der Waals surface area contributed by atoms with Gasteiger partial charge in [-0.15, -0.1) is 0 Å². The number of anilines is 1. The van der Waals surface area contributed by atoms with Gasteiger partial charge in [-0.25, -0.2) is 0 Å². The van der Waals surface area contributed by atoms with E-state index in [2.05, 4.69) is 19.2 Å². The highest BCUT2D eigenvalue weighted by Gasteiger charge is 2.14. The van der Waals surface area contributed by atoms with Crippen LogP contribution >= 0.6 is 0 Å². The van der Waals surface area contributed by atoms with E-state index in [0.717, 1.165) is 23.4 Å². The number of aryl methyl sites for hydroxylation is 1. The molecule has 4 heteroatoms. The molecule has 0 unspecified atom stereocenters. The zero-order valence-corrected chi connectivity index (χ0v) is 13.6. The molecule has 0 aliphatic rings. The highest BCUT2D eigenvalue weighted by molar-refractivity contribution is 5.91. The Labute approximate surface area is 128 Å². The molecular formula is C17H28N2O2. The van der Waals surface area contributed by atoms with E-state index in [9.17, 15) is 4.79 Å². The Morgan fingerprint density at radius 3 is 2.62 bits per heavy atom. The number of amides is 1. The van der Waals surface area contributed by atoms with Crippen molar-refractivity contribution in [3.63, 3.8) is 0 Å². The number of hydrogen-bond donors (Lipinski definition) is 2. The fourth-order valence-corrected chi connectivity index (χ4v) is 2.43. The monoisotopic (exact) mass is 292 g/mol. The molecule has 0 aromatic heterocycles. The van der Waals surface area contributed by atoms with Gasteiger partial charge in [-0.1, -0.05) is 13.8 Å². The van der Waals surface area contributed by atoms with Gasteiger partial charge in [0.05, 0.1) is 6.61 Å². The molecule has 118 valence electrons. The number of benzene rings is 1. The van der Waals surface area contributed by atoms with Crippen LogP contribution in [0.5, 0.6) is 5.75 Å². The normalized spacial score (nSPS) is 12.3. The Balaban J connectivity index is 2.61. The van der Waals surface area contributed by atoms with Gasteiger partial charge >= 0.3 is 0 Å². The Morgan fingerprint density at radius 1 is 1.38 bits per heavy atom. The van der Waals surface area contributed by atoms with Crippen molar-refractivity contribution in [2.24, 2.45) is 17.6 Å². The van der Waals surface area contributed by atoms with Crippen molar-refractivity contribution in [2.75, 3.05) is 18.5 Å². The number of carbonyl (C=O) groups excluding carboxylic acids is 1. The molecule has 1 aromatic carbocycles. The standard InChI is InChI=1S/C17H28N2O2/c1-5-21-15-6-7-16(13(4)9-15)19-17(20)10-14(11-18)8-12(2)3/h6-7,9,12,14H,5,8,10-11,18H2,1-4H3,(H,19,20)/t14-/m0/s1. The molecule has 0 fully saturated rings. The van der Waals surface area contributed by atoms with Gasteiger partial charge < -0.3 is 15.8 Å². The number of carbonyl (C=O) groups is 1. The van der Waals surface area contributed by atoms with E-state index >= 15 is 0 Å². The summed E-state index contributed by atoms with van der Waals surface area (Å²) >= 11 is 0. The second-order valence-electron chi connectivity index (χ2n) is 5.89. The predicted molar refractivity (Wildman–Crippen MR) is 87.6 cm³/mol. The maximum atomic E-state index is 12.1. The van der Waals surface area contributed by atoms with E-state index in [1.165, 1.54) is 0 Å². The zero-order chi connectivity index (χ0) is 15.8. The summed E-state index contributed by atoms with van der Waals surface area (Å²) in [5, 5.41) is 2.97. The van der Waals surface area contributed by atoms with Crippen LogP contribution in [0, 0.1) is 18.8 Å². The molecule has 1 rings (SSSR count). The van der Waals surface area contributed by atoms with E-state index in [4.69, 9.17) is 10.5 Å². The predicted octanol–water partition coefficient (Wildman–Crippen LogP) is 3.34. The van der Waals surface area contributed by atoms with E-state index < -0.39 is 0 Å². The summed E-state index contributed by atoms with van der Waals surface area (Å²) in [5.41, 5.74) is 7.59. The van der Waals surface area contributed by atoms with Crippen molar-refractivity contribution in [3.05, 3.63) is 23.8 Å². The minimum absolute atomic E-state index is 0.0263. The molecular weight excluding hydrogens is 264 g/mol. The first kappa shape index (κ1) is 17.5. The van der Waals surface area contributed by atoms with Gasteiger partial charge in [0.25, 0.3) is 0 Å². The maximum Gasteiger partial charge on any atom is 0.224 e. The Hall–Kier alpha value is -1.55. The van der Waals surface area contributed by atoms with Crippen molar-refractivity contribution in [2.45, 2.75) is 40.5 Å². The Kier molecular flexibility index (Phi) is 7.23. The van der Waals surface area contributed by atoms with Gasteiger partial charge in [-0.2, -0.15) is 0 Å². The number of nitrogens with two attached hydrogens (primary N) is 1. The average molecular weight is 292 g/mol. The zero-order valence-electron chi connectivity index (χ0n) is 13.6. The third-order valence-electron chi connectivity index (χ3n) is 3.40. The lowest BCUT2D eigenvalue weighted by molar-refractivity contribution is -0.117. The number of hydrogen-bond acceptors (Lipinski definition) is 3. The van der Waals surface area contributed by atoms with Gasteiger partial charge in [0.1, 0.15) is 5.75 Å². The van der Waals surface area contributed by atoms with Crippen LogP contribution in [0.25, 0.3) is 0 Å². The minimum Gasteiger partial charge on any atom is -0.494 e. The highest BCUT2D eigenvalue weighted by Crippen LogP contribution is 2.22. The topological polar surface area (TPSA) is 64.3 Å². The SMILES string of the molecule is CCOc1ccc(NC(=O)C[C@@H](CN)CC(C)C)c(C)c1. The Bertz CT molecular complexity index is 458. The minimum atomic E-state index is 0.0263.